The molecule has 0 fully saturated rings. The van der Waals surface area contributed by atoms with Crippen LogP contribution in [0.2, 0.25) is 0 Å². The minimum Gasteiger partial charge on any atom is -0.361 e. The Morgan fingerprint density at radius 2 is 2.22 bits per heavy atom. The van der Waals surface area contributed by atoms with Gasteiger partial charge in [0.25, 0.3) is 11.2 Å². The molecule has 1 aromatic carbocycles. The Labute approximate surface area is 155 Å². The van der Waals surface area contributed by atoms with Crippen LogP contribution in [0, 0.1) is 10.1 Å². The summed E-state index contributed by atoms with van der Waals surface area (Å²) in [5.74, 6) is 0.752. The molecule has 0 spiro atoms. The number of nitrogens with one attached hydrogen (secondary N) is 2. The molecule has 0 aliphatic carbocycles. The highest BCUT2D eigenvalue weighted by Gasteiger charge is 2.23. The quantitative estimate of drug-likeness (QED) is 0.532. The van der Waals surface area contributed by atoms with Crippen LogP contribution in [0.15, 0.2) is 29.2 Å². The van der Waals surface area contributed by atoms with Gasteiger partial charge in [0, 0.05) is 44.7 Å². The van der Waals surface area contributed by atoms with E-state index in [0.29, 0.717) is 30.5 Å². The van der Waals surface area contributed by atoms with E-state index in [1.165, 1.54) is 6.07 Å². The molecule has 3 aromatic rings. The lowest BCUT2D eigenvalue weighted by molar-refractivity contribution is -0.383. The third-order valence-electron chi connectivity index (χ3n) is 5.04. The average Bonchev–Trinajstić information content (AvgIpc) is 3.05. The molecule has 27 heavy (non-hydrogen) atoms. The number of nitro benzene ring substituents is 1. The fourth-order valence-corrected chi connectivity index (χ4v) is 3.78. The van der Waals surface area contributed by atoms with Crippen LogP contribution < -0.4 is 5.56 Å². The number of nitrogens with zero attached hydrogens (tertiary/aromatic N) is 3. The minimum atomic E-state index is -0.352. The lowest BCUT2D eigenvalue weighted by Crippen LogP contribution is -2.35. The topological polar surface area (TPSA) is 108 Å². The van der Waals surface area contributed by atoms with Gasteiger partial charge in [-0.15, -0.1) is 0 Å². The maximum atomic E-state index is 12.4. The van der Waals surface area contributed by atoms with Crippen LogP contribution in [0.1, 0.15) is 36.0 Å². The van der Waals surface area contributed by atoms with E-state index in [-0.39, 0.29) is 16.2 Å². The van der Waals surface area contributed by atoms with Gasteiger partial charge in [-0.25, -0.2) is 4.98 Å². The molecule has 3 heterocycles. The smallest absolute Gasteiger partial charge is 0.279 e. The maximum Gasteiger partial charge on any atom is 0.279 e. The summed E-state index contributed by atoms with van der Waals surface area (Å²) in [5.41, 5.74) is 3.23. The first-order valence-corrected chi connectivity index (χ1v) is 9.13. The summed E-state index contributed by atoms with van der Waals surface area (Å²) < 4.78 is 0. The Bertz CT molecular complexity index is 1070. The third kappa shape index (κ3) is 3.23. The first kappa shape index (κ1) is 17.4. The maximum absolute atomic E-state index is 12.4. The molecular formula is C19H21N5O3. The summed E-state index contributed by atoms with van der Waals surface area (Å²) in [6, 6.07) is 5.03. The van der Waals surface area contributed by atoms with Gasteiger partial charge in [0.1, 0.15) is 5.82 Å². The average molecular weight is 367 g/mol. The van der Waals surface area contributed by atoms with Crippen molar-refractivity contribution in [3.05, 3.63) is 67.5 Å². The number of benzene rings is 1. The second-order valence-corrected chi connectivity index (χ2v) is 6.92. The Balaban J connectivity index is 1.62. The number of rotatable bonds is 5. The van der Waals surface area contributed by atoms with Crippen molar-refractivity contribution in [3.8, 4) is 0 Å². The van der Waals surface area contributed by atoms with Gasteiger partial charge < -0.3 is 9.97 Å². The van der Waals surface area contributed by atoms with Crippen molar-refractivity contribution in [1.82, 2.24) is 19.9 Å². The van der Waals surface area contributed by atoms with Crippen LogP contribution in [0.4, 0.5) is 5.69 Å². The first-order valence-electron chi connectivity index (χ1n) is 9.13. The number of nitro groups is 1. The minimum absolute atomic E-state index is 0.0712. The van der Waals surface area contributed by atoms with Crippen molar-refractivity contribution in [2.45, 2.75) is 39.3 Å². The number of hydrogen-bond acceptors (Lipinski definition) is 5. The van der Waals surface area contributed by atoms with Gasteiger partial charge in [-0.05, 0) is 18.1 Å². The van der Waals surface area contributed by atoms with Crippen molar-refractivity contribution in [2.24, 2.45) is 0 Å². The Morgan fingerprint density at radius 1 is 1.37 bits per heavy atom. The van der Waals surface area contributed by atoms with Gasteiger partial charge in [-0.1, -0.05) is 13.0 Å². The number of H-pyrrole nitrogens is 2. The Kier molecular flexibility index (Phi) is 4.49. The zero-order valence-corrected chi connectivity index (χ0v) is 15.1. The molecule has 8 nitrogen and oxygen atoms in total. The largest absolute Gasteiger partial charge is 0.361 e. The molecule has 8 heteroatoms. The van der Waals surface area contributed by atoms with Crippen LogP contribution in [-0.4, -0.2) is 31.3 Å². The summed E-state index contributed by atoms with van der Waals surface area (Å²) >= 11 is 0. The van der Waals surface area contributed by atoms with Crippen LogP contribution in [0.25, 0.3) is 10.9 Å². The SMILES string of the molecule is CCCc1nc2c(c(=O)[nH]1)CN(Cc1c[nH]c3cccc([N+](=O)[O-])c13)CC2. The van der Waals surface area contributed by atoms with E-state index >= 15 is 0 Å². The van der Waals surface area contributed by atoms with Crippen molar-refractivity contribution >= 4 is 16.6 Å². The van der Waals surface area contributed by atoms with Gasteiger partial charge in [-0.2, -0.15) is 0 Å². The molecule has 0 atom stereocenters. The molecule has 0 saturated carbocycles. The van der Waals surface area contributed by atoms with E-state index in [4.69, 9.17) is 0 Å². The normalized spacial score (nSPS) is 14.4. The fraction of sp³-hybridized carbons (Fsp3) is 0.368. The second-order valence-electron chi connectivity index (χ2n) is 6.92. The Hall–Kier alpha value is -3.00. The number of non-ortho nitro benzene ring substituents is 1. The molecule has 0 amide bonds. The number of fused-ring (bicyclic) bond motifs is 2. The van der Waals surface area contributed by atoms with E-state index in [0.717, 1.165) is 42.0 Å². The lowest BCUT2D eigenvalue weighted by Gasteiger charge is -2.27. The van der Waals surface area contributed by atoms with Crippen molar-refractivity contribution in [2.75, 3.05) is 6.54 Å². The Morgan fingerprint density at radius 3 is 3.00 bits per heavy atom. The van der Waals surface area contributed by atoms with Crippen molar-refractivity contribution in [1.29, 1.82) is 0 Å². The summed E-state index contributed by atoms with van der Waals surface area (Å²) in [4.78, 5) is 36.2. The van der Waals surface area contributed by atoms with Crippen LogP contribution in [-0.2, 0) is 25.9 Å². The van der Waals surface area contributed by atoms with E-state index in [1.54, 1.807) is 6.07 Å². The van der Waals surface area contributed by atoms with Gasteiger partial charge in [0.05, 0.1) is 27.1 Å². The van der Waals surface area contributed by atoms with Gasteiger partial charge in [-0.3, -0.25) is 19.8 Å². The van der Waals surface area contributed by atoms with Crippen LogP contribution >= 0.6 is 0 Å². The summed E-state index contributed by atoms with van der Waals surface area (Å²) in [6.45, 7) is 3.86. The lowest BCUT2D eigenvalue weighted by atomic mass is 10.0. The highest BCUT2D eigenvalue weighted by Crippen LogP contribution is 2.30. The van der Waals surface area contributed by atoms with E-state index < -0.39 is 0 Å². The van der Waals surface area contributed by atoms with E-state index in [2.05, 4.69) is 26.8 Å². The molecule has 2 N–H and O–H groups in total. The summed E-state index contributed by atoms with van der Waals surface area (Å²) in [7, 11) is 0. The number of aromatic nitrogens is 3. The zero-order chi connectivity index (χ0) is 19.0. The predicted octanol–water partition coefficient (Wildman–Crippen LogP) is 2.67. The molecule has 0 unspecified atom stereocenters. The molecule has 0 saturated heterocycles. The van der Waals surface area contributed by atoms with Crippen molar-refractivity contribution in [3.63, 3.8) is 0 Å². The third-order valence-corrected chi connectivity index (χ3v) is 5.04. The summed E-state index contributed by atoms with van der Waals surface area (Å²) in [5, 5.41) is 12.0. The molecule has 0 radical (unpaired) electrons. The summed E-state index contributed by atoms with van der Waals surface area (Å²) in [6.07, 6.45) is 4.23. The molecule has 140 valence electrons. The molecule has 1 aliphatic rings. The predicted molar refractivity (Wildman–Crippen MR) is 102 cm³/mol. The second kappa shape index (κ2) is 6.96. The van der Waals surface area contributed by atoms with E-state index in [9.17, 15) is 14.9 Å². The standard InChI is InChI=1S/C19H21N5O3/c1-2-4-17-21-14-7-8-23(11-13(14)19(25)22-17)10-12-9-20-15-5-3-6-16(18(12)15)24(26)27/h3,5-6,9,20H,2,4,7-8,10-11H2,1H3,(H,21,22,25). The fourth-order valence-electron chi connectivity index (χ4n) is 3.78. The molecule has 0 bridgehead atoms. The molecule has 2 aromatic heterocycles. The van der Waals surface area contributed by atoms with E-state index in [1.807, 2.05) is 12.3 Å². The zero-order valence-electron chi connectivity index (χ0n) is 15.1. The van der Waals surface area contributed by atoms with Crippen molar-refractivity contribution < 1.29 is 4.92 Å². The first-order chi connectivity index (χ1) is 13.1. The molecular weight excluding hydrogens is 346 g/mol. The highest BCUT2D eigenvalue weighted by atomic mass is 16.6. The highest BCUT2D eigenvalue weighted by molar-refractivity contribution is 5.91. The molecule has 1 aliphatic heterocycles. The molecule has 4 rings (SSSR count). The van der Waals surface area contributed by atoms with Gasteiger partial charge >= 0.3 is 0 Å². The van der Waals surface area contributed by atoms with Crippen LogP contribution in [0.3, 0.4) is 0 Å². The number of aryl methyl sites for hydroxylation is 1. The monoisotopic (exact) mass is 367 g/mol. The van der Waals surface area contributed by atoms with Gasteiger partial charge in [0.15, 0.2) is 0 Å². The van der Waals surface area contributed by atoms with Gasteiger partial charge in [0.2, 0.25) is 0 Å². The van der Waals surface area contributed by atoms with Crippen LogP contribution in [0.5, 0.6) is 0 Å². The number of hydrogen-bond donors (Lipinski definition) is 2. The number of aromatic amines is 2.